The number of likely N-dealkylation sites (N-methyl/N-ethyl adjacent to an activating group) is 1. The summed E-state index contributed by atoms with van der Waals surface area (Å²) in [4.78, 5) is 111. The number of rotatable bonds is 9. The number of hydrogen-bond acceptors (Lipinski definition) is 20. The van der Waals surface area contributed by atoms with Gasteiger partial charge in [-0.25, -0.2) is 0 Å². The highest BCUT2D eigenvalue weighted by Gasteiger charge is 2.41. The fourth-order valence-corrected chi connectivity index (χ4v) is 12.0. The first kappa shape index (κ1) is 66.9. The molecular formula is C67H66Cl2N10O17. The van der Waals surface area contributed by atoms with Gasteiger partial charge < -0.3 is 102 Å². The van der Waals surface area contributed by atoms with Crippen LogP contribution in [0.5, 0.6) is 69.0 Å². The normalized spacial score (nSPS) is 21.0. The summed E-state index contributed by atoms with van der Waals surface area (Å²) in [6, 6.07) is 10.3. The van der Waals surface area contributed by atoms with E-state index in [0.717, 1.165) is 48.5 Å². The number of ether oxygens (including phenoxy) is 3. The summed E-state index contributed by atoms with van der Waals surface area (Å²) in [7, 11) is 7.28. The van der Waals surface area contributed by atoms with E-state index < -0.39 is 136 Å². The molecule has 6 aliphatic heterocycles. The van der Waals surface area contributed by atoms with Gasteiger partial charge in [-0.3, -0.25) is 33.6 Å². The molecule has 0 spiro atoms. The van der Waals surface area contributed by atoms with E-state index >= 15 is 24.0 Å². The average molecular weight is 1350 g/mol. The van der Waals surface area contributed by atoms with E-state index in [1.807, 2.05) is 38.0 Å². The van der Waals surface area contributed by atoms with Gasteiger partial charge >= 0.3 is 0 Å². The number of benzene rings is 7. The number of nitrogens with one attached hydrogen (secondary N) is 8. The van der Waals surface area contributed by atoms with Gasteiger partial charge in [-0.2, -0.15) is 0 Å². The van der Waals surface area contributed by atoms with Crippen LogP contribution in [0.25, 0.3) is 11.1 Å². The Kier molecular flexibility index (Phi) is 19.4. The number of fused-ring (bicyclic) bond motifs is 14. The number of nitrogens with zero attached hydrogens (tertiary/aromatic N) is 2. The Hall–Kier alpha value is -10.6. The number of amides is 7. The molecule has 13 rings (SSSR count). The second-order valence-electron chi connectivity index (χ2n) is 23.9. The van der Waals surface area contributed by atoms with E-state index in [2.05, 4.69) is 42.5 Å². The lowest BCUT2D eigenvalue weighted by molar-refractivity contribution is -0.137. The zero-order valence-electron chi connectivity index (χ0n) is 51.7. The number of aliphatic hydroxyl groups is 1. The number of hydrogen-bond donors (Lipinski definition) is 15. The van der Waals surface area contributed by atoms with Gasteiger partial charge in [0.1, 0.15) is 88.6 Å². The predicted octanol–water partition coefficient (Wildman–Crippen LogP) is 5.16. The van der Waals surface area contributed by atoms with Crippen molar-refractivity contribution in [2.75, 3.05) is 54.4 Å². The summed E-state index contributed by atoms with van der Waals surface area (Å²) in [5.74, 6) is -13.0. The van der Waals surface area contributed by atoms with Crippen LogP contribution < -0.4 is 56.7 Å². The minimum atomic E-state index is -2.15. The van der Waals surface area contributed by atoms with Gasteiger partial charge in [0.25, 0.3) is 0 Å². The highest BCUT2D eigenvalue weighted by atomic mass is 35.5. The lowest BCUT2D eigenvalue weighted by atomic mass is 9.89. The summed E-state index contributed by atoms with van der Waals surface area (Å²) < 4.78 is 18.8. The molecular weight excluding hydrogens is 1290 g/mol. The first-order chi connectivity index (χ1) is 45.8. The quantitative estimate of drug-likeness (QED) is 0.0830. The molecule has 17 bridgehead atoms. The van der Waals surface area contributed by atoms with Crippen LogP contribution in [0.3, 0.4) is 0 Å². The number of aromatic hydroxyl groups is 6. The standard InChI is InChI=1S/C67H66Cl2N10O17/c1-78(2)16-5-14-71-62(88)57-40-28-37(81)29-46(84)52(40)39-22-31(7-10-44(39)82)54-64(90)77-58(67(93)76-57)59(85)33-9-13-48(42(69)23-33)96-51-26-35-25-50(60(51)86)95-47-12-6-30(18-41(47)68)19-43-61(87)73-55(65(91)75-56(35)66(92)74-54)34-20-36(80)27-38(21-34)94-49-24-32(8-11-45(49)83)53(63(89)72-43)70-15-17-79(3)4/h6-13,18,20-29,43,53-59,70,80-86H,5,14-17,19H2,1-4H3,(H,71,88)(H,72,89)(H,73,87)(H,74,92)(H,75,91)(H,76,93)(H,77,90)/t43-,53-,54-,55+,56-,57+,58+,59-/m1/s1. The second-order valence-corrected chi connectivity index (χ2v) is 24.7. The lowest BCUT2D eigenvalue weighted by Gasteiger charge is -2.31. The molecule has 0 unspecified atom stereocenters. The van der Waals surface area contributed by atoms with Crippen molar-refractivity contribution >= 4 is 64.6 Å². The van der Waals surface area contributed by atoms with E-state index in [0.29, 0.717) is 25.1 Å². The molecule has 8 atom stereocenters. The zero-order valence-corrected chi connectivity index (χ0v) is 53.2. The molecule has 15 N–H and O–H groups in total. The minimum Gasteiger partial charge on any atom is -0.508 e. The summed E-state index contributed by atoms with van der Waals surface area (Å²) in [6.07, 6.45) is -1.97. The highest BCUT2D eigenvalue weighted by Crippen LogP contribution is 2.48. The molecule has 0 saturated heterocycles. The Morgan fingerprint density at radius 3 is 1.79 bits per heavy atom. The smallest absolute Gasteiger partial charge is 0.248 e. The number of halogens is 2. The Bertz CT molecular complexity index is 4290. The molecule has 27 nitrogen and oxygen atoms in total. The number of phenolic OH excluding ortho intramolecular Hbond substituents is 6. The van der Waals surface area contributed by atoms with Crippen molar-refractivity contribution in [1.82, 2.24) is 52.3 Å². The van der Waals surface area contributed by atoms with Gasteiger partial charge in [0.05, 0.1) is 10.0 Å². The Morgan fingerprint density at radius 2 is 1.11 bits per heavy atom. The molecule has 6 aliphatic rings. The van der Waals surface area contributed by atoms with E-state index in [4.69, 9.17) is 37.4 Å². The summed E-state index contributed by atoms with van der Waals surface area (Å²) in [5.41, 5.74) is -1.18. The number of phenols is 6. The van der Waals surface area contributed by atoms with Crippen LogP contribution in [0.1, 0.15) is 81.7 Å². The summed E-state index contributed by atoms with van der Waals surface area (Å²) in [5, 5.41) is 103. The largest absolute Gasteiger partial charge is 0.508 e. The third-order valence-electron chi connectivity index (χ3n) is 16.4. The molecule has 0 aliphatic carbocycles. The van der Waals surface area contributed by atoms with Crippen molar-refractivity contribution in [3.63, 3.8) is 0 Å². The van der Waals surface area contributed by atoms with Crippen molar-refractivity contribution < 1.29 is 83.5 Å². The van der Waals surface area contributed by atoms with Gasteiger partial charge in [0.15, 0.2) is 23.0 Å². The first-order valence-corrected chi connectivity index (χ1v) is 30.9. The maximum atomic E-state index is 16.0. The van der Waals surface area contributed by atoms with E-state index in [9.17, 15) is 45.3 Å². The van der Waals surface area contributed by atoms with Crippen LogP contribution in [0.2, 0.25) is 10.0 Å². The van der Waals surface area contributed by atoms with Crippen molar-refractivity contribution in [2.24, 2.45) is 0 Å². The van der Waals surface area contributed by atoms with Crippen LogP contribution in [-0.4, -0.2) is 153 Å². The van der Waals surface area contributed by atoms with E-state index in [1.165, 1.54) is 66.7 Å². The van der Waals surface area contributed by atoms with Gasteiger partial charge in [-0.05, 0) is 159 Å². The lowest BCUT2D eigenvalue weighted by Crippen LogP contribution is -2.56. The maximum Gasteiger partial charge on any atom is 0.248 e. The average Bonchev–Trinajstić information content (AvgIpc) is 0.787. The fraction of sp³-hybridized carbons (Fsp3) is 0.269. The minimum absolute atomic E-state index is 0.0552. The molecule has 0 fully saturated rings. The third-order valence-corrected chi connectivity index (χ3v) is 17.0. The Morgan fingerprint density at radius 1 is 0.521 bits per heavy atom. The molecule has 500 valence electrons. The second kappa shape index (κ2) is 27.8. The van der Waals surface area contributed by atoms with Gasteiger partial charge in [-0.1, -0.05) is 47.5 Å². The molecule has 7 amide bonds. The zero-order chi connectivity index (χ0) is 68.5. The van der Waals surface area contributed by atoms with Crippen LogP contribution in [0.4, 0.5) is 0 Å². The monoisotopic (exact) mass is 1350 g/mol. The summed E-state index contributed by atoms with van der Waals surface area (Å²) >= 11 is 13.9. The fourth-order valence-electron chi connectivity index (χ4n) is 11.6. The van der Waals surface area contributed by atoms with Crippen molar-refractivity contribution in [3.05, 3.63) is 164 Å². The highest BCUT2D eigenvalue weighted by molar-refractivity contribution is 6.32. The van der Waals surface area contributed by atoms with E-state index in [1.54, 1.807) is 0 Å². The molecule has 0 aromatic heterocycles. The molecule has 6 heterocycles. The van der Waals surface area contributed by atoms with Gasteiger partial charge in [-0.15, -0.1) is 0 Å². The van der Waals surface area contributed by atoms with Crippen molar-refractivity contribution in [3.8, 4) is 80.1 Å². The number of carbonyl (C=O) groups excluding carboxylic acids is 7. The Labute approximate surface area is 557 Å². The molecule has 96 heavy (non-hydrogen) atoms. The van der Waals surface area contributed by atoms with Crippen LogP contribution in [0.15, 0.2) is 115 Å². The topological polar surface area (TPSA) is 392 Å². The number of aliphatic hydroxyl groups excluding tert-OH is 1. The third kappa shape index (κ3) is 14.4. The predicted molar refractivity (Wildman–Crippen MR) is 346 cm³/mol. The number of carbonyl (C=O) groups is 7. The SMILES string of the molecule is CN(C)CCCNC(=O)[C@H]1NC(=O)[C@H]2NC(=O)[C@H](NC(=O)[C@@H]3NC(=O)[C@H]4NC(=O)[C@@H](Cc5ccc(c(Cl)c5)Oc5cc3cc(c5O)Oc3ccc(cc3Cl)[C@H]2O)NC(=O)[C@H](NCCN(C)C)c2ccc(O)c(c2)Oc2cc(O)cc4c2)c2ccc(O)c(c2)-c2c(O)cc(O)cc21. The molecule has 29 heteroatoms. The summed E-state index contributed by atoms with van der Waals surface area (Å²) in [6.45, 7) is 1.27. The van der Waals surface area contributed by atoms with Crippen LogP contribution >= 0.6 is 23.2 Å². The first-order valence-electron chi connectivity index (χ1n) is 30.1. The van der Waals surface area contributed by atoms with Crippen molar-refractivity contribution in [2.45, 2.75) is 61.2 Å². The maximum absolute atomic E-state index is 16.0. The van der Waals surface area contributed by atoms with Gasteiger partial charge in [0.2, 0.25) is 47.1 Å². The van der Waals surface area contributed by atoms with Crippen molar-refractivity contribution in [1.29, 1.82) is 0 Å². The van der Waals surface area contributed by atoms with E-state index in [-0.39, 0.29) is 97.1 Å². The van der Waals surface area contributed by atoms with Crippen LogP contribution in [0, 0.1) is 0 Å². The molecule has 7 aromatic carbocycles. The molecule has 7 aromatic rings. The Balaban J connectivity index is 1.11. The molecule has 0 saturated carbocycles. The van der Waals surface area contributed by atoms with Gasteiger partial charge in [0, 0.05) is 49.3 Å². The van der Waals surface area contributed by atoms with Crippen LogP contribution in [-0.2, 0) is 40.0 Å². The molecule has 0 radical (unpaired) electrons.